The molecule has 30 heavy (non-hydrogen) atoms. The highest BCUT2D eigenvalue weighted by molar-refractivity contribution is 5.86. The van der Waals surface area contributed by atoms with E-state index in [0.29, 0.717) is 18.0 Å². The normalized spacial score (nSPS) is 19.9. The average molecular weight is 400 g/mol. The molecule has 1 aliphatic rings. The van der Waals surface area contributed by atoms with Crippen molar-refractivity contribution in [2.45, 2.75) is 44.2 Å². The zero-order chi connectivity index (χ0) is 20.5. The Balaban J connectivity index is 1.26. The number of rotatable bonds is 5. The molecule has 3 aromatic carbocycles. The van der Waals surface area contributed by atoms with E-state index >= 15 is 0 Å². The van der Waals surface area contributed by atoms with Crippen molar-refractivity contribution in [1.29, 1.82) is 0 Å². The number of aromatic amines is 1. The lowest BCUT2D eigenvalue weighted by Gasteiger charge is -2.21. The first-order chi connectivity index (χ1) is 14.7. The fourth-order valence-corrected chi connectivity index (χ4v) is 4.80. The van der Waals surface area contributed by atoms with Crippen LogP contribution >= 0.6 is 0 Å². The zero-order valence-electron chi connectivity index (χ0n) is 17.1. The summed E-state index contributed by atoms with van der Waals surface area (Å²) in [7, 11) is 0. The van der Waals surface area contributed by atoms with Crippen molar-refractivity contribution in [2.24, 2.45) is 0 Å². The minimum Gasteiger partial charge on any atom is -0.307 e. The Labute approximate surface area is 176 Å². The third-order valence-corrected chi connectivity index (χ3v) is 6.39. The van der Waals surface area contributed by atoms with Crippen molar-refractivity contribution in [3.8, 4) is 11.3 Å². The molecule has 2 unspecified atom stereocenters. The summed E-state index contributed by atoms with van der Waals surface area (Å²) in [5.74, 6) is 0.253. The second kappa shape index (κ2) is 8.04. The number of hydrogen-bond acceptors (Lipinski definition) is 2. The minimum atomic E-state index is -0.223. The molecule has 0 bridgehead atoms. The molecular formula is C26H26FN3. The summed E-state index contributed by atoms with van der Waals surface area (Å²) < 4.78 is 13.2. The van der Waals surface area contributed by atoms with Gasteiger partial charge in [0.25, 0.3) is 0 Å². The molecule has 0 aliphatic heterocycles. The number of nitrogens with one attached hydrogen (secondary N) is 2. The van der Waals surface area contributed by atoms with E-state index < -0.39 is 0 Å². The van der Waals surface area contributed by atoms with Crippen LogP contribution in [0.5, 0.6) is 0 Å². The fourth-order valence-electron chi connectivity index (χ4n) is 4.80. The molecule has 2 N–H and O–H groups in total. The van der Waals surface area contributed by atoms with Gasteiger partial charge in [-0.3, -0.25) is 5.10 Å². The van der Waals surface area contributed by atoms with Crippen LogP contribution in [0.3, 0.4) is 0 Å². The van der Waals surface area contributed by atoms with Gasteiger partial charge in [-0.25, -0.2) is 4.39 Å². The quantitative estimate of drug-likeness (QED) is 0.410. The number of benzene rings is 3. The van der Waals surface area contributed by atoms with Crippen molar-refractivity contribution in [2.75, 3.05) is 0 Å². The third-order valence-electron chi connectivity index (χ3n) is 6.39. The van der Waals surface area contributed by atoms with Gasteiger partial charge in [0.05, 0.1) is 5.69 Å². The number of fused-ring (bicyclic) bond motifs is 1. The van der Waals surface area contributed by atoms with E-state index in [0.717, 1.165) is 30.5 Å². The lowest BCUT2D eigenvalue weighted by atomic mass is 9.98. The summed E-state index contributed by atoms with van der Waals surface area (Å²) in [4.78, 5) is 0. The number of hydrogen-bond donors (Lipinski definition) is 2. The zero-order valence-corrected chi connectivity index (χ0v) is 17.1. The molecule has 3 nitrogen and oxygen atoms in total. The van der Waals surface area contributed by atoms with Crippen LogP contribution in [0, 0.1) is 5.82 Å². The first-order valence-corrected chi connectivity index (χ1v) is 10.7. The number of nitrogens with zero attached hydrogens (tertiary/aromatic N) is 1. The Morgan fingerprint density at radius 2 is 1.80 bits per heavy atom. The van der Waals surface area contributed by atoms with Crippen LogP contribution in [-0.2, 0) is 0 Å². The fraction of sp³-hybridized carbons (Fsp3) is 0.269. The lowest BCUT2D eigenvalue weighted by molar-refractivity contribution is 0.458. The number of halogens is 1. The molecule has 4 heteroatoms. The van der Waals surface area contributed by atoms with Crippen molar-refractivity contribution in [1.82, 2.24) is 15.5 Å². The van der Waals surface area contributed by atoms with Gasteiger partial charge in [0.15, 0.2) is 0 Å². The molecule has 0 radical (unpaired) electrons. The van der Waals surface area contributed by atoms with Crippen LogP contribution in [-0.4, -0.2) is 16.2 Å². The Morgan fingerprint density at radius 1 is 1.00 bits per heavy atom. The predicted octanol–water partition coefficient (Wildman–Crippen LogP) is 6.36. The van der Waals surface area contributed by atoms with Crippen LogP contribution in [0.1, 0.15) is 49.4 Å². The molecule has 1 saturated carbocycles. The summed E-state index contributed by atoms with van der Waals surface area (Å²) in [6, 6.07) is 24.6. The Hall–Kier alpha value is -2.98. The second-order valence-corrected chi connectivity index (χ2v) is 8.38. The van der Waals surface area contributed by atoms with Crippen LogP contribution < -0.4 is 5.32 Å². The highest BCUT2D eigenvalue weighted by atomic mass is 19.1. The van der Waals surface area contributed by atoms with Gasteiger partial charge in [-0.2, -0.15) is 5.10 Å². The lowest BCUT2D eigenvalue weighted by Crippen LogP contribution is -2.29. The van der Waals surface area contributed by atoms with Crippen molar-refractivity contribution in [3.63, 3.8) is 0 Å². The molecule has 3 atom stereocenters. The molecule has 0 spiro atoms. The first kappa shape index (κ1) is 19.0. The van der Waals surface area contributed by atoms with Crippen LogP contribution in [0.2, 0.25) is 0 Å². The second-order valence-electron chi connectivity index (χ2n) is 8.38. The molecule has 0 amide bonds. The smallest absolute Gasteiger partial charge is 0.123 e. The minimum absolute atomic E-state index is 0.223. The molecule has 4 aromatic rings. The van der Waals surface area contributed by atoms with E-state index in [1.54, 1.807) is 12.1 Å². The molecule has 0 saturated heterocycles. The number of aromatic nitrogens is 2. The summed E-state index contributed by atoms with van der Waals surface area (Å²) in [6.07, 6.45) is 3.40. The van der Waals surface area contributed by atoms with E-state index in [-0.39, 0.29) is 5.82 Å². The van der Waals surface area contributed by atoms with E-state index in [1.807, 2.05) is 0 Å². The van der Waals surface area contributed by atoms with Gasteiger partial charge in [-0.1, -0.05) is 42.5 Å². The summed E-state index contributed by atoms with van der Waals surface area (Å²) in [6.45, 7) is 2.26. The third kappa shape index (κ3) is 3.75. The van der Waals surface area contributed by atoms with Gasteiger partial charge in [0.1, 0.15) is 5.82 Å². The molecule has 1 aliphatic carbocycles. The van der Waals surface area contributed by atoms with Crippen molar-refractivity contribution >= 4 is 10.8 Å². The molecule has 1 heterocycles. The summed E-state index contributed by atoms with van der Waals surface area (Å²) in [5, 5.41) is 14.2. The maximum Gasteiger partial charge on any atom is 0.123 e. The van der Waals surface area contributed by atoms with Crippen LogP contribution in [0.4, 0.5) is 4.39 Å². The van der Waals surface area contributed by atoms with Crippen molar-refractivity contribution < 1.29 is 4.39 Å². The Bertz CT molecular complexity index is 1140. The van der Waals surface area contributed by atoms with Crippen LogP contribution in [0.15, 0.2) is 72.8 Å². The van der Waals surface area contributed by atoms with Gasteiger partial charge < -0.3 is 5.32 Å². The molecular weight excluding hydrogens is 373 g/mol. The Morgan fingerprint density at radius 3 is 2.67 bits per heavy atom. The summed E-state index contributed by atoms with van der Waals surface area (Å²) in [5.41, 5.74) is 4.36. The highest BCUT2D eigenvalue weighted by Crippen LogP contribution is 2.36. The molecule has 152 valence electrons. The van der Waals surface area contributed by atoms with Gasteiger partial charge in [-0.15, -0.1) is 0 Å². The Kier molecular flexibility index (Phi) is 5.09. The maximum absolute atomic E-state index is 13.2. The van der Waals surface area contributed by atoms with Gasteiger partial charge in [-0.05, 0) is 72.9 Å². The SMILES string of the molecule is C[C@@H](NC1CCC(c2cc(-c3ccc(F)cc3)n[nH]2)C1)c1cccc2ccccc12. The standard InChI is InChI=1S/C26H26FN3/c1-17(23-8-4-6-18-5-2-3-7-24(18)23)28-22-14-11-20(15-22)26-16-25(29-30-26)19-9-12-21(27)13-10-19/h2-10,12-13,16-17,20,22,28H,11,14-15H2,1H3,(H,29,30)/t17-,20?,22?/m1/s1. The first-order valence-electron chi connectivity index (χ1n) is 10.7. The average Bonchev–Trinajstić information content (AvgIpc) is 3.43. The summed E-state index contributed by atoms with van der Waals surface area (Å²) >= 11 is 0. The van der Waals surface area contributed by atoms with Crippen LogP contribution in [0.25, 0.3) is 22.0 Å². The highest BCUT2D eigenvalue weighted by Gasteiger charge is 2.28. The van der Waals surface area contributed by atoms with E-state index in [2.05, 4.69) is 71.0 Å². The molecule has 5 rings (SSSR count). The van der Waals surface area contributed by atoms with E-state index in [4.69, 9.17) is 0 Å². The number of H-pyrrole nitrogens is 1. The van der Waals surface area contributed by atoms with Gasteiger partial charge in [0.2, 0.25) is 0 Å². The van der Waals surface area contributed by atoms with E-state index in [9.17, 15) is 4.39 Å². The molecule has 1 fully saturated rings. The topological polar surface area (TPSA) is 40.7 Å². The largest absolute Gasteiger partial charge is 0.307 e. The maximum atomic E-state index is 13.2. The predicted molar refractivity (Wildman–Crippen MR) is 120 cm³/mol. The van der Waals surface area contributed by atoms with Crippen molar-refractivity contribution in [3.05, 3.63) is 89.9 Å². The molecule has 1 aromatic heterocycles. The van der Waals surface area contributed by atoms with Gasteiger partial charge >= 0.3 is 0 Å². The van der Waals surface area contributed by atoms with Gasteiger partial charge in [0, 0.05) is 29.3 Å². The van der Waals surface area contributed by atoms with E-state index in [1.165, 1.54) is 34.2 Å². The monoisotopic (exact) mass is 399 g/mol.